The Bertz CT molecular complexity index is 396. The molecule has 4 heteroatoms. The second-order valence-electron chi connectivity index (χ2n) is 2.20. The molecule has 0 fully saturated rings. The van der Waals surface area contributed by atoms with Crippen molar-refractivity contribution in [1.29, 1.82) is 0 Å². The van der Waals surface area contributed by atoms with E-state index in [1.54, 1.807) is 6.26 Å². The summed E-state index contributed by atoms with van der Waals surface area (Å²) in [5.41, 5.74) is 0.629. The predicted octanol–water partition coefficient (Wildman–Crippen LogP) is 2.29. The van der Waals surface area contributed by atoms with Crippen molar-refractivity contribution in [2.24, 2.45) is 0 Å². The van der Waals surface area contributed by atoms with Crippen LogP contribution in [0.4, 0.5) is 0 Å². The Labute approximate surface area is 71.6 Å². The average molecular weight is 213 g/mol. The maximum absolute atomic E-state index is 5.10. The van der Waals surface area contributed by atoms with E-state index in [0.29, 0.717) is 11.5 Å². The van der Waals surface area contributed by atoms with Crippen molar-refractivity contribution < 1.29 is 4.42 Å². The first kappa shape index (κ1) is 6.79. The molecule has 0 aromatic carbocycles. The maximum atomic E-state index is 5.10. The lowest BCUT2D eigenvalue weighted by Gasteiger charge is -1.92. The highest BCUT2D eigenvalue weighted by atomic mass is 79.9. The third kappa shape index (κ3) is 1.03. The smallest absolute Gasteiger partial charge is 0.230 e. The van der Waals surface area contributed by atoms with E-state index in [1.807, 2.05) is 13.0 Å². The van der Waals surface area contributed by atoms with Crippen molar-refractivity contribution in [2.75, 3.05) is 0 Å². The third-order valence-electron chi connectivity index (χ3n) is 1.39. The van der Waals surface area contributed by atoms with Gasteiger partial charge in [-0.3, -0.25) is 0 Å². The molecule has 0 spiro atoms. The van der Waals surface area contributed by atoms with Crippen LogP contribution in [0.15, 0.2) is 21.3 Å². The number of halogens is 1. The van der Waals surface area contributed by atoms with E-state index < -0.39 is 0 Å². The molecule has 0 saturated heterocycles. The van der Waals surface area contributed by atoms with Crippen molar-refractivity contribution in [2.45, 2.75) is 6.92 Å². The molecule has 2 aromatic rings. The van der Waals surface area contributed by atoms with Gasteiger partial charge in [0.25, 0.3) is 0 Å². The van der Waals surface area contributed by atoms with Gasteiger partial charge in [-0.25, -0.2) is 4.98 Å². The van der Waals surface area contributed by atoms with Gasteiger partial charge in [0, 0.05) is 0 Å². The minimum absolute atomic E-state index is 0.629. The monoisotopic (exact) mass is 212 g/mol. The summed E-state index contributed by atoms with van der Waals surface area (Å²) in [5.74, 6) is 0.708. The minimum Gasteiger partial charge on any atom is -0.446 e. The summed E-state index contributed by atoms with van der Waals surface area (Å²) < 4.78 is 5.88. The van der Waals surface area contributed by atoms with E-state index in [0.717, 1.165) is 9.99 Å². The SMILES string of the molecule is Cc1nc(Br)c2ccoc2n1. The van der Waals surface area contributed by atoms with Crippen LogP contribution in [-0.2, 0) is 0 Å². The molecule has 56 valence electrons. The van der Waals surface area contributed by atoms with Crippen LogP contribution in [0.1, 0.15) is 5.82 Å². The van der Waals surface area contributed by atoms with Gasteiger partial charge in [0.1, 0.15) is 10.4 Å². The normalized spacial score (nSPS) is 10.7. The summed E-state index contributed by atoms with van der Waals surface area (Å²) >= 11 is 3.32. The predicted molar refractivity (Wildman–Crippen MR) is 44.2 cm³/mol. The first-order chi connectivity index (χ1) is 5.27. The van der Waals surface area contributed by atoms with E-state index in [9.17, 15) is 0 Å². The Morgan fingerprint density at radius 3 is 3.09 bits per heavy atom. The maximum Gasteiger partial charge on any atom is 0.230 e. The van der Waals surface area contributed by atoms with Gasteiger partial charge in [-0.15, -0.1) is 0 Å². The highest BCUT2D eigenvalue weighted by molar-refractivity contribution is 9.10. The fourth-order valence-corrected chi connectivity index (χ4v) is 1.48. The lowest BCUT2D eigenvalue weighted by molar-refractivity contribution is 0.600. The van der Waals surface area contributed by atoms with Crippen LogP contribution in [-0.4, -0.2) is 9.97 Å². The van der Waals surface area contributed by atoms with Crippen molar-refractivity contribution in [3.63, 3.8) is 0 Å². The first-order valence-corrected chi connectivity index (χ1v) is 3.94. The van der Waals surface area contributed by atoms with Gasteiger partial charge in [-0.1, -0.05) is 0 Å². The van der Waals surface area contributed by atoms with Crippen molar-refractivity contribution in [3.05, 3.63) is 22.8 Å². The van der Waals surface area contributed by atoms with E-state index in [-0.39, 0.29) is 0 Å². The Kier molecular flexibility index (Phi) is 1.42. The second kappa shape index (κ2) is 2.30. The molecule has 0 saturated carbocycles. The molecule has 0 amide bonds. The lowest BCUT2D eigenvalue weighted by Crippen LogP contribution is -1.86. The van der Waals surface area contributed by atoms with Gasteiger partial charge in [0.15, 0.2) is 0 Å². The Morgan fingerprint density at radius 1 is 1.45 bits per heavy atom. The van der Waals surface area contributed by atoms with Crippen LogP contribution in [0.3, 0.4) is 0 Å². The standard InChI is InChI=1S/C7H5BrN2O/c1-4-9-6(8)5-2-3-11-7(5)10-4/h2-3H,1H3. The highest BCUT2D eigenvalue weighted by Gasteiger charge is 2.03. The average Bonchev–Trinajstić information content (AvgIpc) is 2.34. The lowest BCUT2D eigenvalue weighted by atomic mass is 10.4. The van der Waals surface area contributed by atoms with Crippen LogP contribution in [0, 0.1) is 6.92 Å². The molecule has 0 radical (unpaired) electrons. The number of hydrogen-bond acceptors (Lipinski definition) is 3. The molecule has 2 heterocycles. The van der Waals surface area contributed by atoms with Gasteiger partial charge in [-0.2, -0.15) is 4.98 Å². The van der Waals surface area contributed by atoms with Crippen LogP contribution < -0.4 is 0 Å². The Morgan fingerprint density at radius 2 is 2.27 bits per heavy atom. The van der Waals surface area contributed by atoms with Crippen LogP contribution in [0.5, 0.6) is 0 Å². The molecule has 0 N–H and O–H groups in total. The zero-order valence-electron chi connectivity index (χ0n) is 5.84. The number of aryl methyl sites for hydroxylation is 1. The Balaban J connectivity index is 2.91. The second-order valence-corrected chi connectivity index (χ2v) is 2.95. The highest BCUT2D eigenvalue weighted by Crippen LogP contribution is 2.20. The molecule has 0 bridgehead atoms. The first-order valence-electron chi connectivity index (χ1n) is 3.15. The van der Waals surface area contributed by atoms with Gasteiger partial charge in [-0.05, 0) is 28.9 Å². The summed E-state index contributed by atoms with van der Waals surface area (Å²) in [6.07, 6.45) is 1.60. The van der Waals surface area contributed by atoms with Gasteiger partial charge in [0.05, 0.1) is 11.6 Å². The topological polar surface area (TPSA) is 38.9 Å². The fraction of sp³-hybridized carbons (Fsp3) is 0.143. The molecule has 3 nitrogen and oxygen atoms in total. The summed E-state index contributed by atoms with van der Waals surface area (Å²) in [7, 11) is 0. The molecule has 2 rings (SSSR count). The van der Waals surface area contributed by atoms with Gasteiger partial charge in [0.2, 0.25) is 5.71 Å². The van der Waals surface area contributed by atoms with Crippen molar-refractivity contribution >= 4 is 27.0 Å². The quantitative estimate of drug-likeness (QED) is 0.630. The third-order valence-corrected chi connectivity index (χ3v) is 1.99. The summed E-state index contributed by atoms with van der Waals surface area (Å²) in [6, 6.07) is 1.83. The molecule has 11 heavy (non-hydrogen) atoms. The minimum atomic E-state index is 0.629. The molecular formula is C7H5BrN2O. The number of rotatable bonds is 0. The van der Waals surface area contributed by atoms with Crippen molar-refractivity contribution in [3.8, 4) is 0 Å². The summed E-state index contributed by atoms with van der Waals surface area (Å²) in [6.45, 7) is 1.83. The molecule has 2 aromatic heterocycles. The molecule has 0 atom stereocenters. The van der Waals surface area contributed by atoms with E-state index in [4.69, 9.17) is 4.42 Å². The molecule has 0 unspecified atom stereocenters. The van der Waals surface area contributed by atoms with Crippen molar-refractivity contribution in [1.82, 2.24) is 9.97 Å². The largest absolute Gasteiger partial charge is 0.446 e. The zero-order chi connectivity index (χ0) is 7.84. The van der Waals surface area contributed by atoms with E-state index in [1.165, 1.54) is 0 Å². The van der Waals surface area contributed by atoms with Gasteiger partial charge < -0.3 is 4.42 Å². The molecular weight excluding hydrogens is 208 g/mol. The van der Waals surface area contributed by atoms with E-state index >= 15 is 0 Å². The molecule has 0 aliphatic heterocycles. The number of hydrogen-bond donors (Lipinski definition) is 0. The van der Waals surface area contributed by atoms with E-state index in [2.05, 4.69) is 25.9 Å². The molecule has 0 aliphatic rings. The summed E-state index contributed by atoms with van der Waals surface area (Å²) in [5, 5.41) is 0.913. The summed E-state index contributed by atoms with van der Waals surface area (Å²) in [4.78, 5) is 8.21. The number of nitrogens with zero attached hydrogens (tertiary/aromatic N) is 2. The van der Waals surface area contributed by atoms with Crippen LogP contribution in [0.2, 0.25) is 0 Å². The number of furan rings is 1. The van der Waals surface area contributed by atoms with Crippen LogP contribution >= 0.6 is 15.9 Å². The zero-order valence-corrected chi connectivity index (χ0v) is 7.42. The molecule has 0 aliphatic carbocycles. The number of fused-ring (bicyclic) bond motifs is 1. The van der Waals surface area contributed by atoms with Crippen LogP contribution in [0.25, 0.3) is 11.1 Å². The Hall–Kier alpha value is -0.900. The van der Waals surface area contributed by atoms with Gasteiger partial charge >= 0.3 is 0 Å². The fourth-order valence-electron chi connectivity index (χ4n) is 0.919. The number of aromatic nitrogens is 2.